The van der Waals surface area contributed by atoms with Gasteiger partial charge in [0.15, 0.2) is 0 Å². The van der Waals surface area contributed by atoms with Gasteiger partial charge >= 0.3 is 6.09 Å². The Morgan fingerprint density at radius 2 is 1.82 bits per heavy atom. The summed E-state index contributed by atoms with van der Waals surface area (Å²) in [6.07, 6.45) is -0.289. The normalized spacial score (nSPS) is 20.0. The third-order valence-corrected chi connectivity index (χ3v) is 5.45. The van der Waals surface area contributed by atoms with Crippen LogP contribution in [-0.4, -0.2) is 58.8 Å². The summed E-state index contributed by atoms with van der Waals surface area (Å²) in [5.74, 6) is -0.311. The molecule has 1 amide bonds. The zero-order valence-corrected chi connectivity index (χ0v) is 16.6. The molecule has 3 heterocycles. The van der Waals surface area contributed by atoms with Crippen molar-refractivity contribution in [1.29, 1.82) is 0 Å². The maximum atomic E-state index is 14.6. The smallest absolute Gasteiger partial charge is 0.410 e. The lowest BCUT2D eigenvalue weighted by molar-refractivity contribution is 0.0140. The maximum Gasteiger partial charge on any atom is 0.410 e. The number of halogens is 1. The fourth-order valence-electron chi connectivity index (χ4n) is 4.18. The minimum atomic E-state index is -0.507. The van der Waals surface area contributed by atoms with Crippen LogP contribution in [0.4, 0.5) is 9.18 Å². The van der Waals surface area contributed by atoms with Crippen molar-refractivity contribution in [2.45, 2.75) is 38.8 Å². The molecule has 28 heavy (non-hydrogen) atoms. The summed E-state index contributed by atoms with van der Waals surface area (Å²) in [4.78, 5) is 28.4. The van der Waals surface area contributed by atoms with Crippen molar-refractivity contribution in [3.8, 4) is 0 Å². The number of piperazine rings is 1. The molecule has 0 aliphatic carbocycles. The van der Waals surface area contributed by atoms with Crippen molar-refractivity contribution < 1.29 is 13.9 Å². The van der Waals surface area contributed by atoms with E-state index in [2.05, 4.69) is 4.90 Å². The van der Waals surface area contributed by atoms with Crippen LogP contribution >= 0.6 is 0 Å². The summed E-state index contributed by atoms with van der Waals surface area (Å²) in [5, 5.41) is 0.897. The number of carbonyl (C=O) groups is 1. The van der Waals surface area contributed by atoms with Crippen LogP contribution in [0.2, 0.25) is 0 Å². The molecule has 2 aromatic rings. The highest BCUT2D eigenvalue weighted by atomic mass is 19.1. The fourth-order valence-corrected chi connectivity index (χ4v) is 4.18. The molecular weight excluding hydrogens is 361 g/mol. The first-order valence-electron chi connectivity index (χ1n) is 9.75. The highest BCUT2D eigenvalue weighted by molar-refractivity contribution is 5.84. The summed E-state index contributed by atoms with van der Waals surface area (Å²) in [5.41, 5.74) is 0.777. The van der Waals surface area contributed by atoms with Gasteiger partial charge in [-0.3, -0.25) is 9.69 Å². The molecule has 0 bridgehead atoms. The molecule has 2 aliphatic heterocycles. The van der Waals surface area contributed by atoms with Crippen LogP contribution in [-0.2, 0) is 11.3 Å². The lowest BCUT2D eigenvalue weighted by atomic mass is 9.98. The lowest BCUT2D eigenvalue weighted by Crippen LogP contribution is -2.50. The average Bonchev–Trinajstić information content (AvgIpc) is 3.01. The summed E-state index contributed by atoms with van der Waals surface area (Å²) in [7, 11) is 0. The summed E-state index contributed by atoms with van der Waals surface area (Å²) < 4.78 is 21.7. The first-order chi connectivity index (χ1) is 13.2. The Hall–Kier alpha value is -2.41. The molecule has 1 unspecified atom stereocenters. The number of hydrogen-bond acceptors (Lipinski definition) is 4. The Balaban J connectivity index is 1.45. The zero-order chi connectivity index (χ0) is 20.1. The Bertz CT molecular complexity index is 971. The number of rotatable bonds is 2. The molecule has 7 heteroatoms. The Morgan fingerprint density at radius 3 is 2.50 bits per heavy atom. The second kappa shape index (κ2) is 6.88. The molecule has 150 valence electrons. The molecule has 0 spiro atoms. The van der Waals surface area contributed by atoms with Crippen molar-refractivity contribution >= 4 is 17.0 Å². The van der Waals surface area contributed by atoms with E-state index in [9.17, 15) is 14.0 Å². The molecule has 1 saturated heterocycles. The Morgan fingerprint density at radius 1 is 1.14 bits per heavy atom. The van der Waals surface area contributed by atoms with Gasteiger partial charge in [-0.25, -0.2) is 9.18 Å². The number of carbonyl (C=O) groups excluding carboxylic acids is 1. The van der Waals surface area contributed by atoms with Crippen molar-refractivity contribution in [3.05, 3.63) is 46.0 Å². The Kier molecular flexibility index (Phi) is 4.65. The number of hydrogen-bond donors (Lipinski definition) is 0. The van der Waals surface area contributed by atoms with Crippen molar-refractivity contribution in [2.75, 3.05) is 32.7 Å². The lowest BCUT2D eigenvalue weighted by Gasteiger charge is -2.36. The van der Waals surface area contributed by atoms with E-state index < -0.39 is 5.60 Å². The van der Waals surface area contributed by atoms with E-state index >= 15 is 0 Å². The van der Waals surface area contributed by atoms with Gasteiger partial charge in [0, 0.05) is 56.8 Å². The van der Waals surface area contributed by atoms with Crippen LogP contribution in [0.25, 0.3) is 10.9 Å². The predicted octanol–water partition coefficient (Wildman–Crippen LogP) is 2.79. The zero-order valence-electron chi connectivity index (χ0n) is 16.6. The molecule has 1 aromatic carbocycles. The molecule has 1 aromatic heterocycles. The number of amides is 1. The third-order valence-electron chi connectivity index (χ3n) is 5.45. The first kappa shape index (κ1) is 18.9. The van der Waals surface area contributed by atoms with E-state index in [0.29, 0.717) is 44.8 Å². The van der Waals surface area contributed by atoms with E-state index in [1.807, 2.05) is 20.8 Å². The van der Waals surface area contributed by atoms with Gasteiger partial charge in [-0.15, -0.1) is 0 Å². The quantitative estimate of drug-likeness (QED) is 0.795. The van der Waals surface area contributed by atoms with Gasteiger partial charge in [0.1, 0.15) is 11.4 Å². The molecule has 0 radical (unpaired) electrons. The summed E-state index contributed by atoms with van der Waals surface area (Å²) in [6.45, 7) is 9.32. The number of ether oxygens (including phenoxy) is 1. The first-order valence-corrected chi connectivity index (χ1v) is 9.75. The van der Waals surface area contributed by atoms with Crippen LogP contribution in [0.5, 0.6) is 0 Å². The van der Waals surface area contributed by atoms with E-state index in [1.54, 1.807) is 27.7 Å². The summed E-state index contributed by atoms with van der Waals surface area (Å²) in [6, 6.07) is 6.53. The van der Waals surface area contributed by atoms with Gasteiger partial charge in [-0.05, 0) is 44.4 Å². The van der Waals surface area contributed by atoms with E-state index in [1.165, 1.54) is 6.07 Å². The highest BCUT2D eigenvalue weighted by Gasteiger charge is 2.32. The van der Waals surface area contributed by atoms with Crippen LogP contribution in [0.1, 0.15) is 32.3 Å². The van der Waals surface area contributed by atoms with Gasteiger partial charge in [0.25, 0.3) is 5.56 Å². The van der Waals surface area contributed by atoms with Gasteiger partial charge < -0.3 is 14.2 Å². The fraction of sp³-hybridized carbons (Fsp3) is 0.524. The van der Waals surface area contributed by atoms with Gasteiger partial charge in [-0.1, -0.05) is 0 Å². The second-order valence-electron chi connectivity index (χ2n) is 8.65. The Labute approximate surface area is 163 Å². The number of pyridine rings is 1. The molecule has 0 saturated carbocycles. The molecule has 1 fully saturated rings. The number of nitrogens with zero attached hydrogens (tertiary/aromatic N) is 3. The number of aromatic nitrogens is 1. The van der Waals surface area contributed by atoms with E-state index in [4.69, 9.17) is 4.74 Å². The topological polar surface area (TPSA) is 54.8 Å². The van der Waals surface area contributed by atoms with Crippen molar-refractivity contribution in [2.24, 2.45) is 0 Å². The van der Waals surface area contributed by atoms with Gasteiger partial charge in [0.2, 0.25) is 0 Å². The molecule has 4 rings (SSSR count). The van der Waals surface area contributed by atoms with E-state index in [0.717, 1.165) is 10.9 Å². The van der Waals surface area contributed by atoms with Gasteiger partial charge in [0.05, 0.1) is 5.52 Å². The third kappa shape index (κ3) is 3.51. The summed E-state index contributed by atoms with van der Waals surface area (Å²) >= 11 is 0. The monoisotopic (exact) mass is 387 g/mol. The van der Waals surface area contributed by atoms with E-state index in [-0.39, 0.29) is 23.4 Å². The largest absolute Gasteiger partial charge is 0.444 e. The van der Waals surface area contributed by atoms with Crippen LogP contribution in [0.3, 0.4) is 0 Å². The highest BCUT2D eigenvalue weighted by Crippen LogP contribution is 2.35. The average molecular weight is 387 g/mol. The molecule has 0 N–H and O–H groups in total. The molecule has 2 aliphatic rings. The minimum absolute atomic E-state index is 0.0631. The van der Waals surface area contributed by atoms with Crippen LogP contribution in [0, 0.1) is 5.82 Å². The van der Waals surface area contributed by atoms with Crippen LogP contribution < -0.4 is 5.56 Å². The molecule has 1 atom stereocenters. The molecular formula is C21H26FN3O3. The second-order valence-corrected chi connectivity index (χ2v) is 8.65. The van der Waals surface area contributed by atoms with Crippen LogP contribution in [0.15, 0.2) is 29.1 Å². The predicted molar refractivity (Wildman–Crippen MR) is 105 cm³/mol. The minimum Gasteiger partial charge on any atom is -0.444 e. The van der Waals surface area contributed by atoms with Gasteiger partial charge in [-0.2, -0.15) is 0 Å². The standard InChI is InChI=1S/C21H26FN3O3/c1-21(2,3)28-20(27)24-10-8-23(9-11-24)12-15-13-25-17(26)7-5-14-4-6-16(22)18(15)19(14)25/h4-7,15H,8-13H2,1-3H3. The van der Waals surface area contributed by atoms with Crippen molar-refractivity contribution in [1.82, 2.24) is 14.4 Å². The molecule has 6 nitrogen and oxygen atoms in total. The maximum absolute atomic E-state index is 14.6. The SMILES string of the molecule is CC(C)(C)OC(=O)N1CCN(CC2Cn3c(=O)ccc4ccc(F)c2c43)CC1. The van der Waals surface area contributed by atoms with Crippen molar-refractivity contribution in [3.63, 3.8) is 0 Å². The number of benzene rings is 1.